The van der Waals surface area contributed by atoms with Gasteiger partial charge in [0.1, 0.15) is 22.7 Å². The number of hydrogen-bond donors (Lipinski definition) is 1. The van der Waals surface area contributed by atoms with Crippen LogP contribution in [0.1, 0.15) is 5.56 Å². The predicted molar refractivity (Wildman–Crippen MR) is 130 cm³/mol. The Morgan fingerprint density at radius 2 is 1.94 bits per heavy atom. The molecule has 8 heteroatoms. The molecule has 0 radical (unpaired) electrons. The molecule has 0 aliphatic carbocycles. The third-order valence-electron chi connectivity index (χ3n) is 4.74. The van der Waals surface area contributed by atoms with Crippen molar-refractivity contribution < 1.29 is 13.9 Å². The van der Waals surface area contributed by atoms with Gasteiger partial charge in [0.25, 0.3) is 0 Å². The van der Waals surface area contributed by atoms with Crippen LogP contribution in [0.4, 0.5) is 10.1 Å². The summed E-state index contributed by atoms with van der Waals surface area (Å²) in [5.41, 5.74) is 3.05. The average molecular weight is 476 g/mol. The topological polar surface area (TPSA) is 75.0 Å². The van der Waals surface area contributed by atoms with Gasteiger partial charge in [-0.05, 0) is 59.5 Å². The quantitative estimate of drug-likeness (QED) is 0.321. The Morgan fingerprint density at radius 3 is 2.58 bits per heavy atom. The zero-order valence-corrected chi connectivity index (χ0v) is 19.2. The van der Waals surface area contributed by atoms with Gasteiger partial charge in [-0.3, -0.25) is 4.79 Å². The molecule has 0 saturated carbocycles. The fourth-order valence-electron chi connectivity index (χ4n) is 3.15. The van der Waals surface area contributed by atoms with Gasteiger partial charge in [0, 0.05) is 11.3 Å². The molecule has 2 heterocycles. The summed E-state index contributed by atoms with van der Waals surface area (Å²) in [4.78, 5) is 18.1. The molecule has 2 aromatic carbocycles. The lowest BCUT2D eigenvalue weighted by Crippen LogP contribution is -2.14. The first-order valence-electron chi connectivity index (χ1n) is 9.89. The minimum absolute atomic E-state index is 0.0739. The van der Waals surface area contributed by atoms with Crippen molar-refractivity contribution in [1.82, 2.24) is 4.98 Å². The zero-order chi connectivity index (χ0) is 23.2. The first-order valence-corrected chi connectivity index (χ1v) is 11.8. The SMILES string of the molecule is COc1ccc(NC(=O)CSc2nc(-c3cccs3)cc(-c3ccc(F)cc3)c2C#N)cc1. The van der Waals surface area contributed by atoms with Crippen molar-refractivity contribution in [3.05, 3.63) is 83.5 Å². The summed E-state index contributed by atoms with van der Waals surface area (Å²) in [5.74, 6) is 0.198. The number of anilines is 1. The first kappa shape index (κ1) is 22.5. The van der Waals surface area contributed by atoms with Gasteiger partial charge in [-0.25, -0.2) is 9.37 Å². The first-order chi connectivity index (χ1) is 16.1. The second kappa shape index (κ2) is 10.3. The van der Waals surface area contributed by atoms with E-state index in [0.29, 0.717) is 38.8 Å². The molecule has 5 nitrogen and oxygen atoms in total. The molecule has 1 N–H and O–H groups in total. The van der Waals surface area contributed by atoms with Crippen molar-refractivity contribution in [2.45, 2.75) is 5.03 Å². The number of methoxy groups -OCH3 is 1. The molecule has 0 aliphatic heterocycles. The number of thiophene rings is 1. The van der Waals surface area contributed by atoms with Crippen LogP contribution in [0, 0.1) is 17.1 Å². The lowest BCUT2D eigenvalue weighted by atomic mass is 10.0. The molecule has 164 valence electrons. The summed E-state index contributed by atoms with van der Waals surface area (Å²) >= 11 is 2.72. The van der Waals surface area contributed by atoms with Crippen LogP contribution in [0.15, 0.2) is 77.1 Å². The molecule has 0 unspecified atom stereocenters. The summed E-state index contributed by atoms with van der Waals surface area (Å²) in [6, 6.07) is 20.9. The normalized spacial score (nSPS) is 10.5. The number of carbonyl (C=O) groups excluding carboxylic acids is 1. The van der Waals surface area contributed by atoms with Gasteiger partial charge in [-0.2, -0.15) is 5.26 Å². The van der Waals surface area contributed by atoms with E-state index in [0.717, 1.165) is 4.88 Å². The number of rotatable bonds is 7. The number of nitriles is 1. The molecular formula is C25H18FN3O2S2. The lowest BCUT2D eigenvalue weighted by molar-refractivity contribution is -0.113. The van der Waals surface area contributed by atoms with Crippen molar-refractivity contribution in [2.24, 2.45) is 0 Å². The second-order valence-corrected chi connectivity index (χ2v) is 8.81. The highest BCUT2D eigenvalue weighted by molar-refractivity contribution is 8.00. The number of nitrogens with one attached hydrogen (secondary N) is 1. The maximum absolute atomic E-state index is 13.5. The van der Waals surface area contributed by atoms with Crippen molar-refractivity contribution >= 4 is 34.7 Å². The van der Waals surface area contributed by atoms with E-state index in [1.807, 2.05) is 23.6 Å². The number of ether oxygens (including phenoxy) is 1. The van der Waals surface area contributed by atoms with E-state index in [2.05, 4.69) is 16.4 Å². The van der Waals surface area contributed by atoms with E-state index >= 15 is 0 Å². The van der Waals surface area contributed by atoms with Gasteiger partial charge in [-0.15, -0.1) is 11.3 Å². The smallest absolute Gasteiger partial charge is 0.234 e. The third-order valence-corrected chi connectivity index (χ3v) is 6.61. The number of amides is 1. The van der Waals surface area contributed by atoms with Gasteiger partial charge in [-0.1, -0.05) is 30.0 Å². The molecule has 4 rings (SSSR count). The molecule has 4 aromatic rings. The number of nitrogens with zero attached hydrogens (tertiary/aromatic N) is 2. The highest BCUT2D eigenvalue weighted by Gasteiger charge is 2.17. The number of aromatic nitrogens is 1. The molecule has 0 aliphatic rings. The van der Waals surface area contributed by atoms with Gasteiger partial charge < -0.3 is 10.1 Å². The van der Waals surface area contributed by atoms with Crippen LogP contribution in [0.2, 0.25) is 0 Å². The summed E-state index contributed by atoms with van der Waals surface area (Å²) < 4.78 is 18.6. The Bertz CT molecular complexity index is 1300. The van der Waals surface area contributed by atoms with E-state index in [4.69, 9.17) is 4.74 Å². The molecule has 0 fully saturated rings. The molecule has 1 amide bonds. The fraction of sp³-hybridized carbons (Fsp3) is 0.0800. The fourth-order valence-corrected chi connectivity index (χ4v) is 4.64. The highest BCUT2D eigenvalue weighted by Crippen LogP contribution is 2.35. The zero-order valence-electron chi connectivity index (χ0n) is 17.5. The summed E-state index contributed by atoms with van der Waals surface area (Å²) in [6.45, 7) is 0. The summed E-state index contributed by atoms with van der Waals surface area (Å²) in [5, 5.41) is 15.1. The number of carbonyl (C=O) groups is 1. The van der Waals surface area contributed by atoms with Crippen LogP contribution >= 0.6 is 23.1 Å². The average Bonchev–Trinajstić information content (AvgIpc) is 3.38. The highest BCUT2D eigenvalue weighted by atomic mass is 32.2. The Morgan fingerprint density at radius 1 is 1.18 bits per heavy atom. The van der Waals surface area contributed by atoms with Gasteiger partial charge in [0.05, 0.1) is 29.0 Å². The maximum Gasteiger partial charge on any atom is 0.234 e. The van der Waals surface area contributed by atoms with Gasteiger partial charge in [0.15, 0.2) is 0 Å². The number of pyridine rings is 1. The lowest BCUT2D eigenvalue weighted by Gasteiger charge is -2.12. The monoisotopic (exact) mass is 475 g/mol. The van der Waals surface area contributed by atoms with Crippen LogP contribution in [0.25, 0.3) is 21.7 Å². The molecule has 0 bridgehead atoms. The molecular weight excluding hydrogens is 457 g/mol. The minimum Gasteiger partial charge on any atom is -0.497 e. The van der Waals surface area contributed by atoms with E-state index in [1.165, 1.54) is 35.2 Å². The maximum atomic E-state index is 13.5. The summed E-state index contributed by atoms with van der Waals surface area (Å²) in [7, 11) is 1.58. The molecule has 2 aromatic heterocycles. The van der Waals surface area contributed by atoms with E-state index in [-0.39, 0.29) is 17.5 Å². The Balaban J connectivity index is 1.62. The Hall–Kier alpha value is -3.67. The third kappa shape index (κ3) is 5.40. The largest absolute Gasteiger partial charge is 0.497 e. The Labute approximate surface area is 198 Å². The van der Waals surface area contributed by atoms with Crippen molar-refractivity contribution in [3.63, 3.8) is 0 Å². The number of benzene rings is 2. The van der Waals surface area contributed by atoms with Gasteiger partial charge >= 0.3 is 0 Å². The number of thioether (sulfide) groups is 1. The predicted octanol–water partition coefficient (Wildman–Crippen LogP) is 6.23. The minimum atomic E-state index is -0.352. The van der Waals surface area contributed by atoms with Crippen LogP contribution in [-0.4, -0.2) is 23.8 Å². The van der Waals surface area contributed by atoms with Crippen LogP contribution in [0.3, 0.4) is 0 Å². The second-order valence-electron chi connectivity index (χ2n) is 6.90. The summed E-state index contributed by atoms with van der Waals surface area (Å²) in [6.07, 6.45) is 0. The number of hydrogen-bond acceptors (Lipinski definition) is 6. The molecule has 0 spiro atoms. The van der Waals surface area contributed by atoms with E-state index in [9.17, 15) is 14.4 Å². The Kier molecular flexibility index (Phi) is 7.03. The van der Waals surface area contributed by atoms with E-state index in [1.54, 1.807) is 43.5 Å². The van der Waals surface area contributed by atoms with Gasteiger partial charge in [0.2, 0.25) is 5.91 Å². The molecule has 0 atom stereocenters. The van der Waals surface area contributed by atoms with Crippen molar-refractivity contribution in [2.75, 3.05) is 18.2 Å². The van der Waals surface area contributed by atoms with E-state index < -0.39 is 0 Å². The van der Waals surface area contributed by atoms with Crippen LogP contribution < -0.4 is 10.1 Å². The molecule has 0 saturated heterocycles. The standard InChI is InChI=1S/C25H18FN3O2S2/c1-31-19-10-8-18(9-11-19)28-24(30)15-33-25-21(14-27)20(16-4-6-17(26)7-5-16)13-22(29-25)23-3-2-12-32-23/h2-13H,15H2,1H3,(H,28,30). The van der Waals surface area contributed by atoms with Crippen molar-refractivity contribution in [3.8, 4) is 33.5 Å². The van der Waals surface area contributed by atoms with Crippen molar-refractivity contribution in [1.29, 1.82) is 5.26 Å². The number of halogens is 1. The van der Waals surface area contributed by atoms with Crippen LogP contribution in [-0.2, 0) is 4.79 Å². The molecule has 33 heavy (non-hydrogen) atoms. The van der Waals surface area contributed by atoms with Crippen LogP contribution in [0.5, 0.6) is 5.75 Å².